The third kappa shape index (κ3) is 2.42. The Morgan fingerprint density at radius 3 is 2.34 bits per heavy atom. The second-order valence-corrected chi connectivity index (χ2v) is 7.13. The fourth-order valence-corrected chi connectivity index (χ4v) is 4.13. The van der Waals surface area contributed by atoms with Crippen LogP contribution in [-0.2, 0) is 0 Å². The summed E-state index contributed by atoms with van der Waals surface area (Å²) in [6.45, 7) is -1.65. The number of para-hydroxylation sites is 4. The van der Waals surface area contributed by atoms with Crippen LogP contribution in [0.15, 0.2) is 89.3 Å². The topological polar surface area (TPSA) is 32.5 Å². The predicted octanol–water partition coefficient (Wildman–Crippen LogP) is 6.54. The van der Waals surface area contributed by atoms with Gasteiger partial charge in [-0.15, -0.1) is 0 Å². The van der Waals surface area contributed by atoms with Gasteiger partial charge in [-0.1, -0.05) is 42.5 Å². The van der Waals surface area contributed by atoms with E-state index < -0.39 is 6.85 Å². The van der Waals surface area contributed by atoms with Crippen molar-refractivity contribution in [1.82, 2.24) is 4.98 Å². The zero-order valence-electron chi connectivity index (χ0n) is 18.5. The molecule has 0 aliphatic carbocycles. The molecule has 5 aromatic rings. The molecule has 0 unspecified atom stereocenters. The summed E-state index contributed by atoms with van der Waals surface area (Å²) in [5, 5.41) is 1.72. The summed E-state index contributed by atoms with van der Waals surface area (Å²) in [6.07, 6.45) is 0. The van der Waals surface area contributed by atoms with Gasteiger partial charge in [-0.3, -0.25) is 0 Å². The SMILES string of the molecule is [2H]C([2H])([2H])c1ccc2c(n1)oc1c(N3CN(c4ccccc4)c4ccccc43)cccc12. The minimum absolute atomic E-state index is 0.0346. The van der Waals surface area contributed by atoms with Crippen LogP contribution in [-0.4, -0.2) is 11.7 Å². The minimum atomic E-state index is -2.28. The Hall–Kier alpha value is -3.79. The van der Waals surface area contributed by atoms with Crippen LogP contribution in [0.4, 0.5) is 22.7 Å². The Labute approximate surface area is 172 Å². The van der Waals surface area contributed by atoms with Crippen molar-refractivity contribution in [3.8, 4) is 0 Å². The van der Waals surface area contributed by atoms with Crippen molar-refractivity contribution in [2.24, 2.45) is 0 Å². The number of anilines is 4. The van der Waals surface area contributed by atoms with Crippen LogP contribution < -0.4 is 9.80 Å². The summed E-state index contributed by atoms with van der Waals surface area (Å²) < 4.78 is 29.2. The molecule has 0 spiro atoms. The van der Waals surface area contributed by atoms with Crippen LogP contribution in [0.1, 0.15) is 9.81 Å². The molecule has 0 saturated heterocycles. The van der Waals surface area contributed by atoms with Crippen LogP contribution in [0, 0.1) is 6.85 Å². The molecular formula is C25H19N3O. The highest BCUT2D eigenvalue weighted by Gasteiger charge is 2.29. The second-order valence-electron chi connectivity index (χ2n) is 7.13. The Morgan fingerprint density at radius 1 is 0.759 bits per heavy atom. The maximum Gasteiger partial charge on any atom is 0.227 e. The van der Waals surface area contributed by atoms with E-state index in [9.17, 15) is 0 Å². The van der Waals surface area contributed by atoms with Gasteiger partial charge in [0, 0.05) is 26.3 Å². The highest BCUT2D eigenvalue weighted by molar-refractivity contribution is 6.09. The molecule has 6 rings (SSSR count). The molecule has 0 N–H and O–H groups in total. The molecule has 0 fully saturated rings. The van der Waals surface area contributed by atoms with Gasteiger partial charge in [0.25, 0.3) is 0 Å². The fourth-order valence-electron chi connectivity index (χ4n) is 4.13. The summed E-state index contributed by atoms with van der Waals surface area (Å²) in [5.74, 6) is 0. The molecule has 3 aromatic carbocycles. The van der Waals surface area contributed by atoms with Gasteiger partial charge in [0.15, 0.2) is 5.58 Å². The van der Waals surface area contributed by atoms with E-state index in [4.69, 9.17) is 8.53 Å². The summed E-state index contributed by atoms with van der Waals surface area (Å²) in [5.41, 5.74) is 5.31. The van der Waals surface area contributed by atoms with E-state index >= 15 is 0 Å². The van der Waals surface area contributed by atoms with E-state index in [0.717, 1.165) is 33.5 Å². The molecule has 2 aromatic heterocycles. The molecule has 1 aliphatic rings. The Bertz CT molecular complexity index is 1460. The van der Waals surface area contributed by atoms with Crippen molar-refractivity contribution in [2.45, 2.75) is 6.85 Å². The molecule has 0 amide bonds. The standard InChI is InChI=1S/C25H19N3O/c1-17-14-15-20-19-10-7-13-23(24(19)29-25(20)26-17)28-16-27(18-8-3-2-4-9-18)21-11-5-6-12-22(21)28/h2-15H,16H2,1H3/i1D3. The lowest BCUT2D eigenvalue weighted by Gasteiger charge is -2.22. The molecule has 1 aliphatic heterocycles. The van der Waals surface area contributed by atoms with E-state index in [0.29, 0.717) is 18.0 Å². The average Bonchev–Trinajstić information content (AvgIpc) is 3.37. The van der Waals surface area contributed by atoms with Crippen molar-refractivity contribution in [2.75, 3.05) is 16.5 Å². The third-order valence-electron chi connectivity index (χ3n) is 5.45. The second kappa shape index (κ2) is 6.11. The first kappa shape index (κ1) is 13.4. The molecule has 0 saturated carbocycles. The Morgan fingerprint density at radius 2 is 1.52 bits per heavy atom. The van der Waals surface area contributed by atoms with Crippen LogP contribution in [0.5, 0.6) is 0 Å². The lowest BCUT2D eigenvalue weighted by atomic mass is 10.1. The molecule has 0 radical (unpaired) electrons. The van der Waals surface area contributed by atoms with Gasteiger partial charge in [-0.2, -0.15) is 0 Å². The molecule has 140 valence electrons. The summed E-state index contributed by atoms with van der Waals surface area (Å²) in [4.78, 5) is 8.79. The van der Waals surface area contributed by atoms with Gasteiger partial charge in [0.1, 0.15) is 6.67 Å². The monoisotopic (exact) mass is 380 g/mol. The first-order chi connectivity index (χ1) is 15.5. The molecule has 0 atom stereocenters. The smallest absolute Gasteiger partial charge is 0.227 e. The maximum absolute atomic E-state index is 7.66. The number of aryl methyl sites for hydroxylation is 1. The number of hydrogen-bond donors (Lipinski definition) is 0. The number of hydrogen-bond acceptors (Lipinski definition) is 4. The highest BCUT2D eigenvalue weighted by Crippen LogP contribution is 2.46. The molecule has 29 heavy (non-hydrogen) atoms. The van der Waals surface area contributed by atoms with Gasteiger partial charge in [-0.25, -0.2) is 4.98 Å². The molecule has 0 bridgehead atoms. The van der Waals surface area contributed by atoms with Crippen LogP contribution in [0.3, 0.4) is 0 Å². The van der Waals surface area contributed by atoms with Crippen molar-refractivity contribution in [1.29, 1.82) is 0 Å². The lowest BCUT2D eigenvalue weighted by molar-refractivity contribution is 0.652. The van der Waals surface area contributed by atoms with E-state index in [1.54, 1.807) is 12.1 Å². The first-order valence-corrected chi connectivity index (χ1v) is 9.53. The van der Waals surface area contributed by atoms with Crippen LogP contribution >= 0.6 is 0 Å². The largest absolute Gasteiger partial charge is 0.435 e. The van der Waals surface area contributed by atoms with Gasteiger partial charge >= 0.3 is 0 Å². The number of aromatic nitrogens is 1. The number of rotatable bonds is 2. The normalized spacial score (nSPS) is 15.4. The van der Waals surface area contributed by atoms with Crippen molar-refractivity contribution < 1.29 is 8.53 Å². The van der Waals surface area contributed by atoms with Crippen molar-refractivity contribution in [3.63, 3.8) is 0 Å². The maximum atomic E-state index is 7.66. The third-order valence-corrected chi connectivity index (χ3v) is 5.45. The van der Waals surface area contributed by atoms with Gasteiger partial charge < -0.3 is 14.2 Å². The molecular weight excluding hydrogens is 358 g/mol. The van der Waals surface area contributed by atoms with Gasteiger partial charge in [0.2, 0.25) is 5.71 Å². The van der Waals surface area contributed by atoms with E-state index in [1.165, 1.54) is 0 Å². The highest BCUT2D eigenvalue weighted by atomic mass is 16.3. The number of benzene rings is 3. The Balaban J connectivity index is 1.52. The Kier molecular flexibility index (Phi) is 2.82. The fraction of sp³-hybridized carbons (Fsp3) is 0.0800. The predicted molar refractivity (Wildman–Crippen MR) is 118 cm³/mol. The number of pyridine rings is 1. The lowest BCUT2D eigenvalue weighted by Crippen LogP contribution is -2.23. The molecule has 3 heterocycles. The average molecular weight is 380 g/mol. The molecule has 4 nitrogen and oxygen atoms in total. The van der Waals surface area contributed by atoms with E-state index in [2.05, 4.69) is 39.0 Å². The van der Waals surface area contributed by atoms with Crippen molar-refractivity contribution >= 4 is 44.8 Å². The van der Waals surface area contributed by atoms with Crippen LogP contribution in [0.2, 0.25) is 0 Å². The van der Waals surface area contributed by atoms with E-state index in [1.807, 2.05) is 48.5 Å². The quantitative estimate of drug-likeness (QED) is 0.348. The number of fused-ring (bicyclic) bond motifs is 4. The zero-order chi connectivity index (χ0) is 21.9. The number of nitrogens with zero attached hydrogens (tertiary/aromatic N) is 3. The number of furan rings is 1. The summed E-state index contributed by atoms with van der Waals surface area (Å²) in [6, 6.07) is 27.9. The zero-order valence-corrected chi connectivity index (χ0v) is 15.5. The molecule has 4 heteroatoms. The minimum Gasteiger partial charge on any atom is -0.435 e. The summed E-state index contributed by atoms with van der Waals surface area (Å²) >= 11 is 0. The van der Waals surface area contributed by atoms with Crippen molar-refractivity contribution in [3.05, 3.63) is 90.6 Å². The van der Waals surface area contributed by atoms with Gasteiger partial charge in [-0.05, 0) is 49.3 Å². The summed E-state index contributed by atoms with van der Waals surface area (Å²) in [7, 11) is 0. The van der Waals surface area contributed by atoms with E-state index in [-0.39, 0.29) is 5.69 Å². The van der Waals surface area contributed by atoms with Crippen LogP contribution in [0.25, 0.3) is 22.1 Å². The first-order valence-electron chi connectivity index (χ1n) is 11.0. The van der Waals surface area contributed by atoms with Gasteiger partial charge in [0.05, 0.1) is 17.1 Å².